The van der Waals surface area contributed by atoms with Gasteiger partial charge in [-0.1, -0.05) is 13.8 Å². The molecule has 0 spiro atoms. The fraction of sp³-hybridized carbons (Fsp3) is 0.294. The van der Waals surface area contributed by atoms with E-state index in [1.807, 2.05) is 0 Å². The molecule has 0 saturated carbocycles. The number of anilines is 2. The van der Waals surface area contributed by atoms with Crippen molar-refractivity contribution in [2.24, 2.45) is 5.92 Å². The molecule has 6 nitrogen and oxygen atoms in total. The Bertz CT molecular complexity index is 696. The predicted molar refractivity (Wildman–Crippen MR) is 89.8 cm³/mol. The van der Waals surface area contributed by atoms with Crippen molar-refractivity contribution < 1.29 is 9.59 Å². The summed E-state index contributed by atoms with van der Waals surface area (Å²) in [5, 5.41) is 5.90. The SMILES string of the molecule is CC(=O)c1ccc(NC(=O)c2cc(NCC(C)C)ncn2)cc1. The highest BCUT2D eigenvalue weighted by molar-refractivity contribution is 6.03. The van der Waals surface area contributed by atoms with Gasteiger partial charge in [-0.3, -0.25) is 9.59 Å². The first kappa shape index (κ1) is 16.6. The number of hydrogen-bond acceptors (Lipinski definition) is 5. The van der Waals surface area contributed by atoms with Crippen molar-refractivity contribution in [1.82, 2.24) is 9.97 Å². The third-order valence-electron chi connectivity index (χ3n) is 3.14. The summed E-state index contributed by atoms with van der Waals surface area (Å²) in [6.45, 7) is 6.45. The Morgan fingerprint density at radius 2 is 1.83 bits per heavy atom. The second-order valence-corrected chi connectivity index (χ2v) is 5.65. The summed E-state index contributed by atoms with van der Waals surface area (Å²) in [7, 11) is 0. The zero-order valence-corrected chi connectivity index (χ0v) is 13.5. The fourth-order valence-corrected chi connectivity index (χ4v) is 1.87. The molecule has 0 atom stereocenters. The molecule has 120 valence electrons. The normalized spacial score (nSPS) is 10.4. The summed E-state index contributed by atoms with van der Waals surface area (Å²) in [5.41, 5.74) is 1.49. The van der Waals surface area contributed by atoms with Crippen LogP contribution in [0.5, 0.6) is 0 Å². The molecule has 1 aromatic carbocycles. The number of aromatic nitrogens is 2. The summed E-state index contributed by atoms with van der Waals surface area (Å²) in [4.78, 5) is 31.5. The molecule has 2 rings (SSSR count). The van der Waals surface area contributed by atoms with Gasteiger partial charge in [0.1, 0.15) is 17.8 Å². The number of carbonyl (C=O) groups excluding carboxylic acids is 2. The molecule has 2 N–H and O–H groups in total. The van der Waals surface area contributed by atoms with Crippen LogP contribution in [0, 0.1) is 5.92 Å². The predicted octanol–water partition coefficient (Wildman–Crippen LogP) is 3.00. The lowest BCUT2D eigenvalue weighted by atomic mass is 10.1. The molecule has 0 aliphatic rings. The van der Waals surface area contributed by atoms with E-state index >= 15 is 0 Å². The Morgan fingerprint density at radius 1 is 1.13 bits per heavy atom. The summed E-state index contributed by atoms with van der Waals surface area (Å²) >= 11 is 0. The van der Waals surface area contributed by atoms with Crippen molar-refractivity contribution in [2.75, 3.05) is 17.2 Å². The summed E-state index contributed by atoms with van der Waals surface area (Å²) in [5.74, 6) is 0.753. The van der Waals surface area contributed by atoms with Crippen LogP contribution in [0.2, 0.25) is 0 Å². The van der Waals surface area contributed by atoms with Crippen molar-refractivity contribution in [2.45, 2.75) is 20.8 Å². The first-order chi connectivity index (χ1) is 11.0. The molecule has 1 amide bonds. The van der Waals surface area contributed by atoms with E-state index in [9.17, 15) is 9.59 Å². The lowest BCUT2D eigenvalue weighted by Crippen LogP contribution is -2.15. The van der Waals surface area contributed by atoms with Crippen LogP contribution in [0.25, 0.3) is 0 Å². The van der Waals surface area contributed by atoms with Crippen molar-refractivity contribution >= 4 is 23.2 Å². The maximum atomic E-state index is 12.2. The number of Topliss-reactive ketones (excluding diaryl/α,β-unsaturated/α-hetero) is 1. The van der Waals surface area contributed by atoms with E-state index < -0.39 is 0 Å². The Morgan fingerprint density at radius 3 is 2.43 bits per heavy atom. The average molecular weight is 312 g/mol. The van der Waals surface area contributed by atoms with Crippen molar-refractivity contribution in [3.63, 3.8) is 0 Å². The van der Waals surface area contributed by atoms with Crippen LogP contribution >= 0.6 is 0 Å². The highest BCUT2D eigenvalue weighted by Crippen LogP contribution is 2.12. The minimum absolute atomic E-state index is 0.0143. The van der Waals surface area contributed by atoms with Crippen molar-refractivity contribution in [3.8, 4) is 0 Å². The molecular formula is C17H20N4O2. The number of carbonyl (C=O) groups is 2. The highest BCUT2D eigenvalue weighted by Gasteiger charge is 2.10. The maximum Gasteiger partial charge on any atom is 0.274 e. The van der Waals surface area contributed by atoms with Gasteiger partial charge in [-0.15, -0.1) is 0 Å². The van der Waals surface area contributed by atoms with Gasteiger partial charge in [-0.2, -0.15) is 0 Å². The molecule has 0 saturated heterocycles. The number of ketones is 1. The Kier molecular flexibility index (Phi) is 5.41. The summed E-state index contributed by atoms with van der Waals surface area (Å²) in [6, 6.07) is 8.34. The van der Waals surface area contributed by atoms with Gasteiger partial charge in [0.05, 0.1) is 0 Å². The number of rotatable bonds is 6. The van der Waals surface area contributed by atoms with Crippen LogP contribution < -0.4 is 10.6 Å². The van der Waals surface area contributed by atoms with Gasteiger partial charge in [-0.05, 0) is 37.1 Å². The molecule has 0 radical (unpaired) electrons. The Hall–Kier alpha value is -2.76. The second kappa shape index (κ2) is 7.49. The van der Waals surface area contributed by atoms with Gasteiger partial charge in [-0.25, -0.2) is 9.97 Å². The number of hydrogen-bond donors (Lipinski definition) is 2. The molecular weight excluding hydrogens is 292 g/mol. The largest absolute Gasteiger partial charge is 0.370 e. The van der Waals surface area contributed by atoms with E-state index in [0.717, 1.165) is 6.54 Å². The summed E-state index contributed by atoms with van der Waals surface area (Å²) in [6.07, 6.45) is 1.36. The molecule has 0 aliphatic heterocycles. The molecule has 2 aromatic rings. The maximum absolute atomic E-state index is 12.2. The third kappa shape index (κ3) is 4.88. The van der Waals surface area contributed by atoms with Crippen LogP contribution in [0.4, 0.5) is 11.5 Å². The minimum Gasteiger partial charge on any atom is -0.370 e. The first-order valence-corrected chi connectivity index (χ1v) is 7.44. The van der Waals surface area contributed by atoms with Gasteiger partial charge in [0.15, 0.2) is 5.78 Å². The van der Waals surface area contributed by atoms with E-state index in [4.69, 9.17) is 0 Å². The molecule has 0 fully saturated rings. The number of benzene rings is 1. The summed E-state index contributed by atoms with van der Waals surface area (Å²) < 4.78 is 0. The molecule has 23 heavy (non-hydrogen) atoms. The third-order valence-corrected chi connectivity index (χ3v) is 3.14. The molecule has 0 aliphatic carbocycles. The Labute approximate surface area is 135 Å². The molecule has 1 aromatic heterocycles. The quantitative estimate of drug-likeness (QED) is 0.801. The van der Waals surface area contributed by atoms with E-state index in [1.165, 1.54) is 13.3 Å². The second-order valence-electron chi connectivity index (χ2n) is 5.65. The van der Waals surface area contributed by atoms with E-state index in [0.29, 0.717) is 23.0 Å². The highest BCUT2D eigenvalue weighted by atomic mass is 16.2. The van der Waals surface area contributed by atoms with Crippen LogP contribution in [-0.2, 0) is 0 Å². The van der Waals surface area contributed by atoms with Gasteiger partial charge < -0.3 is 10.6 Å². The van der Waals surface area contributed by atoms with Crippen LogP contribution in [0.3, 0.4) is 0 Å². The van der Waals surface area contributed by atoms with Gasteiger partial charge in [0.25, 0.3) is 5.91 Å². The molecule has 0 unspecified atom stereocenters. The lowest BCUT2D eigenvalue weighted by Gasteiger charge is -2.09. The number of nitrogens with one attached hydrogen (secondary N) is 2. The van der Waals surface area contributed by atoms with Crippen LogP contribution in [-0.4, -0.2) is 28.2 Å². The van der Waals surface area contributed by atoms with Crippen molar-refractivity contribution in [3.05, 3.63) is 47.9 Å². The minimum atomic E-state index is -0.324. The van der Waals surface area contributed by atoms with E-state index in [2.05, 4.69) is 34.4 Å². The van der Waals surface area contributed by atoms with Crippen LogP contribution in [0.1, 0.15) is 41.6 Å². The molecule has 1 heterocycles. The van der Waals surface area contributed by atoms with Crippen LogP contribution in [0.15, 0.2) is 36.7 Å². The Balaban J connectivity index is 2.05. The lowest BCUT2D eigenvalue weighted by molar-refractivity contribution is 0.101. The molecule has 0 bridgehead atoms. The molecule has 6 heteroatoms. The van der Waals surface area contributed by atoms with Gasteiger partial charge >= 0.3 is 0 Å². The topological polar surface area (TPSA) is 84.0 Å². The first-order valence-electron chi connectivity index (χ1n) is 7.44. The number of nitrogens with zero attached hydrogens (tertiary/aromatic N) is 2. The fourth-order valence-electron chi connectivity index (χ4n) is 1.87. The zero-order chi connectivity index (χ0) is 16.8. The van der Waals surface area contributed by atoms with E-state index in [-0.39, 0.29) is 17.4 Å². The zero-order valence-electron chi connectivity index (χ0n) is 13.5. The monoisotopic (exact) mass is 312 g/mol. The smallest absolute Gasteiger partial charge is 0.274 e. The van der Waals surface area contributed by atoms with E-state index in [1.54, 1.807) is 30.3 Å². The average Bonchev–Trinajstić information content (AvgIpc) is 2.53. The van der Waals surface area contributed by atoms with Gasteiger partial charge in [0, 0.05) is 23.9 Å². The van der Waals surface area contributed by atoms with Gasteiger partial charge in [0.2, 0.25) is 0 Å². The standard InChI is InChI=1S/C17H20N4O2/c1-11(2)9-18-16-8-15(19-10-20-16)17(23)21-14-6-4-13(5-7-14)12(3)22/h4-8,10-11H,9H2,1-3H3,(H,21,23)(H,18,19,20). The number of amides is 1. The van der Waals surface area contributed by atoms with Crippen molar-refractivity contribution in [1.29, 1.82) is 0 Å².